The van der Waals surface area contributed by atoms with Gasteiger partial charge in [0.25, 0.3) is 0 Å². The van der Waals surface area contributed by atoms with Gasteiger partial charge in [-0.3, -0.25) is 0 Å². The zero-order valence-electron chi connectivity index (χ0n) is 9.53. The second kappa shape index (κ2) is 5.68. The number of nitrogens with two attached hydrogens (primary N) is 1. The molecule has 1 heterocycles. The van der Waals surface area contributed by atoms with Gasteiger partial charge < -0.3 is 11.1 Å². The average molecular weight is 359 g/mol. The van der Waals surface area contributed by atoms with Crippen molar-refractivity contribution in [3.63, 3.8) is 0 Å². The molecule has 1 aromatic carbocycles. The van der Waals surface area contributed by atoms with E-state index in [-0.39, 0.29) is 0 Å². The molecule has 0 aliphatic carbocycles. The number of hydrogen-bond acceptors (Lipinski definition) is 4. The Morgan fingerprint density at radius 2 is 2.29 bits per heavy atom. The Hall–Kier alpha value is -0.820. The SMILES string of the molecule is Cc1nc(CCNc2ccc(N)cc2I)cs1. The molecule has 0 saturated heterocycles. The van der Waals surface area contributed by atoms with E-state index >= 15 is 0 Å². The number of rotatable bonds is 4. The molecule has 2 aromatic rings. The number of thiazole rings is 1. The van der Waals surface area contributed by atoms with Gasteiger partial charge in [0, 0.05) is 33.3 Å². The highest BCUT2D eigenvalue weighted by molar-refractivity contribution is 14.1. The monoisotopic (exact) mass is 359 g/mol. The maximum Gasteiger partial charge on any atom is 0.0897 e. The predicted molar refractivity (Wildman–Crippen MR) is 82.6 cm³/mol. The van der Waals surface area contributed by atoms with Crippen LogP contribution in [-0.4, -0.2) is 11.5 Å². The summed E-state index contributed by atoms with van der Waals surface area (Å²) in [4.78, 5) is 4.44. The van der Waals surface area contributed by atoms with Crippen LogP contribution in [-0.2, 0) is 6.42 Å². The summed E-state index contributed by atoms with van der Waals surface area (Å²) in [6, 6.07) is 5.90. The van der Waals surface area contributed by atoms with Crippen molar-refractivity contribution >= 4 is 45.3 Å². The molecule has 0 spiro atoms. The van der Waals surface area contributed by atoms with E-state index in [1.54, 1.807) is 11.3 Å². The van der Waals surface area contributed by atoms with Crippen molar-refractivity contribution in [1.29, 1.82) is 0 Å². The molecule has 0 atom stereocenters. The van der Waals surface area contributed by atoms with E-state index in [0.717, 1.165) is 38.6 Å². The number of nitrogens with zero attached hydrogens (tertiary/aromatic N) is 1. The maximum atomic E-state index is 5.71. The molecule has 90 valence electrons. The van der Waals surface area contributed by atoms with Crippen LogP contribution in [0.15, 0.2) is 23.6 Å². The molecule has 0 radical (unpaired) electrons. The second-order valence-electron chi connectivity index (χ2n) is 3.77. The Labute approximate surface area is 119 Å². The quantitative estimate of drug-likeness (QED) is 0.651. The van der Waals surface area contributed by atoms with E-state index in [2.05, 4.69) is 38.3 Å². The summed E-state index contributed by atoms with van der Waals surface area (Å²) in [6.45, 7) is 2.92. The van der Waals surface area contributed by atoms with Gasteiger partial charge in [0.1, 0.15) is 0 Å². The summed E-state index contributed by atoms with van der Waals surface area (Å²) < 4.78 is 1.15. The van der Waals surface area contributed by atoms with Crippen LogP contribution in [0.1, 0.15) is 10.7 Å². The third-order valence-electron chi connectivity index (χ3n) is 2.36. The first-order chi connectivity index (χ1) is 8.15. The molecule has 2 rings (SSSR count). The summed E-state index contributed by atoms with van der Waals surface area (Å²) in [7, 11) is 0. The molecule has 5 heteroatoms. The fourth-order valence-corrected chi connectivity index (χ4v) is 2.90. The Morgan fingerprint density at radius 3 is 2.94 bits per heavy atom. The number of anilines is 2. The van der Waals surface area contributed by atoms with Gasteiger partial charge in [0.15, 0.2) is 0 Å². The number of hydrogen-bond donors (Lipinski definition) is 2. The standard InChI is InChI=1S/C12H14IN3S/c1-8-16-10(7-17-8)4-5-15-12-3-2-9(14)6-11(12)13/h2-3,6-7,15H,4-5,14H2,1H3. The molecule has 1 aromatic heterocycles. The van der Waals surface area contributed by atoms with Gasteiger partial charge >= 0.3 is 0 Å². The third-order valence-corrected chi connectivity index (χ3v) is 4.07. The first kappa shape index (κ1) is 12.6. The van der Waals surface area contributed by atoms with Crippen molar-refractivity contribution in [2.75, 3.05) is 17.6 Å². The zero-order chi connectivity index (χ0) is 12.3. The summed E-state index contributed by atoms with van der Waals surface area (Å²) in [6.07, 6.45) is 0.949. The molecule has 3 N–H and O–H groups in total. The van der Waals surface area contributed by atoms with E-state index in [0.29, 0.717) is 0 Å². The van der Waals surface area contributed by atoms with E-state index in [1.807, 2.05) is 25.1 Å². The number of nitrogens with one attached hydrogen (secondary N) is 1. The minimum absolute atomic E-state index is 0.801. The number of aromatic nitrogens is 1. The van der Waals surface area contributed by atoms with Crippen LogP contribution < -0.4 is 11.1 Å². The summed E-state index contributed by atoms with van der Waals surface area (Å²) in [5.74, 6) is 0. The lowest BCUT2D eigenvalue weighted by molar-refractivity contribution is 0.967. The molecule has 0 saturated carbocycles. The van der Waals surface area contributed by atoms with E-state index in [9.17, 15) is 0 Å². The van der Waals surface area contributed by atoms with E-state index in [1.165, 1.54) is 0 Å². The lowest BCUT2D eigenvalue weighted by atomic mass is 10.2. The Morgan fingerprint density at radius 1 is 1.47 bits per heavy atom. The third kappa shape index (κ3) is 3.57. The largest absolute Gasteiger partial charge is 0.399 e. The van der Waals surface area contributed by atoms with Crippen LogP contribution in [0.5, 0.6) is 0 Å². The fraction of sp³-hybridized carbons (Fsp3) is 0.250. The smallest absolute Gasteiger partial charge is 0.0897 e. The summed E-state index contributed by atoms with van der Waals surface area (Å²) >= 11 is 3.99. The van der Waals surface area contributed by atoms with Crippen molar-refractivity contribution in [2.24, 2.45) is 0 Å². The van der Waals surface area contributed by atoms with Crippen molar-refractivity contribution in [3.8, 4) is 0 Å². The summed E-state index contributed by atoms with van der Waals surface area (Å²) in [5.41, 5.74) is 8.80. The molecular weight excluding hydrogens is 345 g/mol. The number of nitrogen functional groups attached to an aromatic ring is 1. The van der Waals surface area contributed by atoms with Gasteiger partial charge in [-0.05, 0) is 47.7 Å². The van der Waals surface area contributed by atoms with Crippen LogP contribution in [0.4, 0.5) is 11.4 Å². The first-order valence-electron chi connectivity index (χ1n) is 5.35. The van der Waals surface area contributed by atoms with Gasteiger partial charge in [0.2, 0.25) is 0 Å². The molecule has 17 heavy (non-hydrogen) atoms. The van der Waals surface area contributed by atoms with Gasteiger partial charge in [0.05, 0.1) is 10.7 Å². The summed E-state index contributed by atoms with van der Waals surface area (Å²) in [5, 5.41) is 6.64. The second-order valence-corrected chi connectivity index (χ2v) is 6.00. The highest BCUT2D eigenvalue weighted by Crippen LogP contribution is 2.20. The highest BCUT2D eigenvalue weighted by atomic mass is 127. The van der Waals surface area contributed by atoms with Crippen LogP contribution >= 0.6 is 33.9 Å². The molecular formula is C12H14IN3S. The Balaban J connectivity index is 1.90. The van der Waals surface area contributed by atoms with Gasteiger partial charge in [-0.1, -0.05) is 0 Å². The lowest BCUT2D eigenvalue weighted by Gasteiger charge is -2.08. The van der Waals surface area contributed by atoms with Crippen LogP contribution in [0.25, 0.3) is 0 Å². The Bertz CT molecular complexity index is 510. The van der Waals surface area contributed by atoms with Crippen molar-refractivity contribution in [1.82, 2.24) is 4.98 Å². The number of halogens is 1. The van der Waals surface area contributed by atoms with E-state index < -0.39 is 0 Å². The maximum absolute atomic E-state index is 5.71. The van der Waals surface area contributed by atoms with Gasteiger partial charge in [-0.25, -0.2) is 4.98 Å². The molecule has 3 nitrogen and oxygen atoms in total. The van der Waals surface area contributed by atoms with Crippen molar-refractivity contribution < 1.29 is 0 Å². The molecule has 0 unspecified atom stereocenters. The average Bonchev–Trinajstić information content (AvgIpc) is 2.68. The molecule has 0 amide bonds. The van der Waals surface area contributed by atoms with Crippen LogP contribution in [0.3, 0.4) is 0 Å². The normalized spacial score (nSPS) is 10.5. The van der Waals surface area contributed by atoms with Crippen LogP contribution in [0.2, 0.25) is 0 Å². The first-order valence-corrected chi connectivity index (χ1v) is 7.31. The van der Waals surface area contributed by atoms with Gasteiger partial charge in [-0.15, -0.1) is 11.3 Å². The van der Waals surface area contributed by atoms with Gasteiger partial charge in [-0.2, -0.15) is 0 Å². The van der Waals surface area contributed by atoms with Crippen molar-refractivity contribution in [3.05, 3.63) is 37.9 Å². The molecule has 0 aliphatic rings. The number of aryl methyl sites for hydroxylation is 1. The minimum Gasteiger partial charge on any atom is -0.399 e. The van der Waals surface area contributed by atoms with Crippen LogP contribution in [0, 0.1) is 10.5 Å². The lowest BCUT2D eigenvalue weighted by Crippen LogP contribution is -2.06. The topological polar surface area (TPSA) is 50.9 Å². The highest BCUT2D eigenvalue weighted by Gasteiger charge is 2.01. The van der Waals surface area contributed by atoms with Crippen molar-refractivity contribution in [2.45, 2.75) is 13.3 Å². The Kier molecular flexibility index (Phi) is 4.22. The fourth-order valence-electron chi connectivity index (χ4n) is 1.52. The molecule has 0 fully saturated rings. The molecule has 0 bridgehead atoms. The number of benzene rings is 1. The zero-order valence-corrected chi connectivity index (χ0v) is 12.5. The molecule has 0 aliphatic heterocycles. The predicted octanol–water partition coefficient (Wildman–Crippen LogP) is 3.29. The minimum atomic E-state index is 0.801. The van der Waals surface area contributed by atoms with E-state index in [4.69, 9.17) is 5.73 Å².